The highest BCUT2D eigenvalue weighted by Crippen LogP contribution is 2.39. The number of hydrogen-bond donors (Lipinski definition) is 1. The molecule has 4 heteroatoms. The molecule has 1 aliphatic heterocycles. The zero-order valence-electron chi connectivity index (χ0n) is 12.8. The van der Waals surface area contributed by atoms with Crippen LogP contribution in [0.25, 0.3) is 0 Å². The number of fused-ring (bicyclic) bond motifs is 1. The van der Waals surface area contributed by atoms with Gasteiger partial charge in [-0.15, -0.1) is 0 Å². The van der Waals surface area contributed by atoms with Crippen molar-refractivity contribution in [2.24, 2.45) is 5.92 Å². The predicted molar refractivity (Wildman–Crippen MR) is 92.1 cm³/mol. The third-order valence-corrected chi connectivity index (χ3v) is 4.91. The molecule has 2 aromatic carbocycles. The molecule has 3 nitrogen and oxygen atoms in total. The number of benzene rings is 2. The van der Waals surface area contributed by atoms with Gasteiger partial charge in [0, 0.05) is 16.5 Å². The molecule has 4 rings (SSSR count). The summed E-state index contributed by atoms with van der Waals surface area (Å²) in [7, 11) is 0. The summed E-state index contributed by atoms with van der Waals surface area (Å²) in [6.45, 7) is 1.48. The summed E-state index contributed by atoms with van der Waals surface area (Å²) in [6.07, 6.45) is 2.76. The van der Waals surface area contributed by atoms with Crippen molar-refractivity contribution in [3.05, 3.63) is 57.6 Å². The van der Waals surface area contributed by atoms with E-state index in [2.05, 4.69) is 22.0 Å². The first-order valence-corrected chi connectivity index (χ1v) is 8.86. The summed E-state index contributed by atoms with van der Waals surface area (Å²) >= 11 is 3.52. The summed E-state index contributed by atoms with van der Waals surface area (Å²) in [4.78, 5) is 0. The van der Waals surface area contributed by atoms with Crippen molar-refractivity contribution in [3.8, 4) is 11.5 Å². The first kappa shape index (κ1) is 15.0. The van der Waals surface area contributed by atoms with Gasteiger partial charge >= 0.3 is 0 Å². The fourth-order valence-electron chi connectivity index (χ4n) is 2.93. The molecule has 0 saturated heterocycles. The Morgan fingerprint density at radius 1 is 1.22 bits per heavy atom. The van der Waals surface area contributed by atoms with Crippen LogP contribution >= 0.6 is 15.9 Å². The summed E-state index contributed by atoms with van der Waals surface area (Å²) in [5, 5.41) is 10.8. The van der Waals surface area contributed by atoms with Crippen LogP contribution in [-0.2, 0) is 6.42 Å². The van der Waals surface area contributed by atoms with Gasteiger partial charge in [-0.1, -0.05) is 28.1 Å². The van der Waals surface area contributed by atoms with Crippen molar-refractivity contribution in [1.82, 2.24) is 0 Å². The average molecular weight is 375 g/mol. The van der Waals surface area contributed by atoms with Gasteiger partial charge in [0.25, 0.3) is 0 Å². The van der Waals surface area contributed by atoms with Crippen LogP contribution in [0.1, 0.15) is 35.6 Å². The molecule has 0 spiro atoms. The van der Waals surface area contributed by atoms with Gasteiger partial charge < -0.3 is 14.6 Å². The number of hydrogen-bond acceptors (Lipinski definition) is 3. The zero-order valence-corrected chi connectivity index (χ0v) is 14.4. The Morgan fingerprint density at radius 2 is 2.00 bits per heavy atom. The smallest absolute Gasteiger partial charge is 0.128 e. The maximum absolute atomic E-state index is 10.8. The fourth-order valence-corrected chi connectivity index (χ4v) is 3.45. The van der Waals surface area contributed by atoms with E-state index in [1.807, 2.05) is 30.3 Å². The molecule has 1 heterocycles. The quantitative estimate of drug-likeness (QED) is 0.849. The molecular formula is C19H19BrO3. The highest BCUT2D eigenvalue weighted by atomic mass is 79.9. The van der Waals surface area contributed by atoms with Crippen LogP contribution < -0.4 is 9.47 Å². The third-order valence-electron chi connectivity index (χ3n) is 4.45. The molecule has 120 valence electrons. The molecule has 1 saturated carbocycles. The first-order chi connectivity index (χ1) is 11.2. The van der Waals surface area contributed by atoms with E-state index in [9.17, 15) is 5.11 Å². The minimum absolute atomic E-state index is 0.680. The lowest BCUT2D eigenvalue weighted by atomic mass is 9.98. The van der Waals surface area contributed by atoms with Gasteiger partial charge in [0.15, 0.2) is 0 Å². The summed E-state index contributed by atoms with van der Waals surface area (Å²) in [5.74, 6) is 2.43. The van der Waals surface area contributed by atoms with Crippen molar-refractivity contribution < 1.29 is 14.6 Å². The van der Waals surface area contributed by atoms with Gasteiger partial charge in [0.05, 0.1) is 13.2 Å². The molecule has 2 aliphatic rings. The van der Waals surface area contributed by atoms with Gasteiger partial charge in [0.1, 0.15) is 17.6 Å². The van der Waals surface area contributed by atoms with Crippen molar-refractivity contribution in [2.75, 3.05) is 13.2 Å². The number of halogens is 1. The zero-order chi connectivity index (χ0) is 15.8. The Kier molecular flexibility index (Phi) is 4.04. The summed E-state index contributed by atoms with van der Waals surface area (Å²) < 4.78 is 12.4. The lowest BCUT2D eigenvalue weighted by Crippen LogP contribution is -2.03. The molecule has 1 fully saturated rings. The molecule has 0 aromatic heterocycles. The number of aliphatic hydroxyl groups excluding tert-OH is 1. The molecule has 23 heavy (non-hydrogen) atoms. The minimum Gasteiger partial charge on any atom is -0.493 e. The maximum Gasteiger partial charge on any atom is 0.128 e. The Bertz CT molecular complexity index is 707. The largest absolute Gasteiger partial charge is 0.493 e. The van der Waals surface area contributed by atoms with E-state index in [-0.39, 0.29) is 0 Å². The normalized spacial score (nSPS) is 17.5. The molecule has 1 unspecified atom stereocenters. The second kappa shape index (κ2) is 6.17. The topological polar surface area (TPSA) is 38.7 Å². The van der Waals surface area contributed by atoms with E-state index in [1.165, 1.54) is 12.8 Å². The van der Waals surface area contributed by atoms with Gasteiger partial charge in [0.2, 0.25) is 0 Å². The van der Waals surface area contributed by atoms with Gasteiger partial charge in [-0.2, -0.15) is 0 Å². The fraction of sp³-hybridized carbons (Fsp3) is 0.368. The molecular weight excluding hydrogens is 356 g/mol. The van der Waals surface area contributed by atoms with Crippen LogP contribution in [-0.4, -0.2) is 18.3 Å². The van der Waals surface area contributed by atoms with Crippen LogP contribution in [0.2, 0.25) is 0 Å². The monoisotopic (exact) mass is 374 g/mol. The van der Waals surface area contributed by atoms with Crippen LogP contribution in [0.4, 0.5) is 0 Å². The summed E-state index contributed by atoms with van der Waals surface area (Å²) in [6, 6.07) is 11.7. The van der Waals surface area contributed by atoms with Gasteiger partial charge in [-0.25, -0.2) is 0 Å². The van der Waals surface area contributed by atoms with Gasteiger partial charge in [-0.05, 0) is 54.2 Å². The van der Waals surface area contributed by atoms with Gasteiger partial charge in [-0.3, -0.25) is 0 Å². The first-order valence-electron chi connectivity index (χ1n) is 8.06. The molecule has 0 bridgehead atoms. The van der Waals surface area contributed by atoms with E-state index >= 15 is 0 Å². The Labute approximate surface area is 144 Å². The van der Waals surface area contributed by atoms with E-state index < -0.39 is 6.10 Å². The minimum atomic E-state index is -0.697. The third kappa shape index (κ3) is 3.24. The van der Waals surface area contributed by atoms with E-state index in [1.54, 1.807) is 0 Å². The highest BCUT2D eigenvalue weighted by molar-refractivity contribution is 9.10. The van der Waals surface area contributed by atoms with E-state index in [0.717, 1.165) is 51.6 Å². The lowest BCUT2D eigenvalue weighted by molar-refractivity contribution is 0.213. The number of ether oxygens (including phenoxy) is 2. The Hall–Kier alpha value is -1.52. The SMILES string of the molecule is OC(c1ccc(OCC2CC2)cc1)c1cc(Br)cc2c1OCC2. The van der Waals surface area contributed by atoms with E-state index in [4.69, 9.17) is 9.47 Å². The Balaban J connectivity index is 1.55. The molecule has 0 amide bonds. The lowest BCUT2D eigenvalue weighted by Gasteiger charge is -2.16. The van der Waals surface area contributed by atoms with E-state index in [0.29, 0.717) is 6.61 Å². The predicted octanol–water partition coefficient (Wildman–Crippen LogP) is 4.25. The molecule has 1 N–H and O–H groups in total. The number of rotatable bonds is 5. The second-order valence-electron chi connectivity index (χ2n) is 6.31. The standard InChI is InChI=1S/C19H19BrO3/c20-15-9-14-7-8-22-19(14)17(10-15)18(21)13-3-5-16(6-4-13)23-11-12-1-2-12/h3-6,9-10,12,18,21H,1-2,7-8,11H2. The average Bonchev–Trinajstić information content (AvgIpc) is 3.28. The molecule has 0 radical (unpaired) electrons. The van der Waals surface area contributed by atoms with Crippen LogP contribution in [0.5, 0.6) is 11.5 Å². The molecule has 2 aromatic rings. The van der Waals surface area contributed by atoms with Crippen molar-refractivity contribution in [1.29, 1.82) is 0 Å². The van der Waals surface area contributed by atoms with Crippen molar-refractivity contribution in [3.63, 3.8) is 0 Å². The maximum atomic E-state index is 10.8. The molecule has 1 aliphatic carbocycles. The summed E-state index contributed by atoms with van der Waals surface area (Å²) in [5.41, 5.74) is 2.82. The van der Waals surface area contributed by atoms with Crippen molar-refractivity contribution in [2.45, 2.75) is 25.4 Å². The van der Waals surface area contributed by atoms with Crippen LogP contribution in [0.15, 0.2) is 40.9 Å². The van der Waals surface area contributed by atoms with Crippen molar-refractivity contribution >= 4 is 15.9 Å². The second-order valence-corrected chi connectivity index (χ2v) is 7.22. The Morgan fingerprint density at radius 3 is 2.74 bits per heavy atom. The van der Waals surface area contributed by atoms with Crippen LogP contribution in [0.3, 0.4) is 0 Å². The number of aliphatic hydroxyl groups is 1. The molecule has 1 atom stereocenters. The van der Waals surface area contributed by atoms with Crippen LogP contribution in [0, 0.1) is 5.92 Å². The highest BCUT2D eigenvalue weighted by Gasteiger charge is 2.24.